The first kappa shape index (κ1) is 64.8. The van der Waals surface area contributed by atoms with Gasteiger partial charge in [0, 0.05) is 13.0 Å². The molecule has 0 spiro atoms. The number of esters is 1. The largest absolute Gasteiger partial charge is 0.457 e. The molecule has 0 aliphatic carbocycles. The van der Waals surface area contributed by atoms with Gasteiger partial charge >= 0.3 is 5.97 Å². The predicted molar refractivity (Wildman–Crippen MR) is 275 cm³/mol. The first-order valence-electron chi connectivity index (χ1n) is 28.8. The van der Waals surface area contributed by atoms with Crippen molar-refractivity contribution < 1.29 is 69.0 Å². The fraction of sp³-hybridized carbons (Fsp3) is 0.946. The van der Waals surface area contributed by atoms with Gasteiger partial charge in [0.1, 0.15) is 54.9 Å². The molecule has 2 heterocycles. The van der Waals surface area contributed by atoms with E-state index >= 15 is 0 Å². The fourth-order valence-electron chi connectivity index (χ4n) is 9.34. The van der Waals surface area contributed by atoms with Gasteiger partial charge in [-0.05, 0) is 38.5 Å². The number of hydrogen-bond acceptors (Lipinski definition) is 14. The number of carbonyl (C=O) groups is 1. The van der Waals surface area contributed by atoms with Crippen molar-refractivity contribution in [2.75, 3.05) is 33.0 Å². The maximum atomic E-state index is 13.1. The van der Waals surface area contributed by atoms with Crippen LogP contribution >= 0.6 is 0 Å². The summed E-state index contributed by atoms with van der Waals surface area (Å²) in [5.74, 6) is -0.373. The summed E-state index contributed by atoms with van der Waals surface area (Å²) < 4.78 is 34.4. The van der Waals surface area contributed by atoms with Gasteiger partial charge in [0.25, 0.3) is 0 Å². The van der Waals surface area contributed by atoms with Crippen molar-refractivity contribution in [2.45, 2.75) is 306 Å². The molecule has 14 heteroatoms. The molecule has 414 valence electrons. The highest BCUT2D eigenvalue weighted by Gasteiger charge is 2.47. The molecule has 2 fully saturated rings. The van der Waals surface area contributed by atoms with Crippen molar-refractivity contribution in [3.05, 3.63) is 12.2 Å². The normalized spacial score (nSPS) is 25.5. The molecule has 2 rings (SSSR count). The van der Waals surface area contributed by atoms with Crippen LogP contribution in [-0.4, -0.2) is 142 Å². The van der Waals surface area contributed by atoms with Gasteiger partial charge in [-0.2, -0.15) is 0 Å². The van der Waals surface area contributed by atoms with Crippen LogP contribution in [0.1, 0.15) is 239 Å². The van der Waals surface area contributed by atoms with Crippen molar-refractivity contribution in [1.29, 1.82) is 0 Å². The summed E-state index contributed by atoms with van der Waals surface area (Å²) in [6, 6.07) is 0. The van der Waals surface area contributed by atoms with Crippen molar-refractivity contribution in [2.24, 2.45) is 0 Å². The summed E-state index contributed by atoms with van der Waals surface area (Å²) in [5.41, 5.74) is 0. The highest BCUT2D eigenvalue weighted by atomic mass is 16.7. The number of allylic oxidation sites excluding steroid dienone is 2. The Morgan fingerprint density at radius 3 is 1.30 bits per heavy atom. The molecule has 0 radical (unpaired) electrons. The van der Waals surface area contributed by atoms with Gasteiger partial charge in [0.15, 0.2) is 12.6 Å². The van der Waals surface area contributed by atoms with E-state index in [4.69, 9.17) is 28.4 Å². The summed E-state index contributed by atoms with van der Waals surface area (Å²) in [5, 5.41) is 72.3. The zero-order chi connectivity index (χ0) is 50.9. The summed E-state index contributed by atoms with van der Waals surface area (Å²) in [7, 11) is 0. The van der Waals surface area contributed by atoms with Crippen LogP contribution in [0.15, 0.2) is 12.2 Å². The van der Waals surface area contributed by atoms with E-state index in [1.54, 1.807) is 0 Å². The molecule has 11 atom stereocenters. The topological polar surface area (TPSA) is 214 Å². The van der Waals surface area contributed by atoms with Crippen LogP contribution in [0.4, 0.5) is 0 Å². The second-order valence-electron chi connectivity index (χ2n) is 20.5. The zero-order valence-corrected chi connectivity index (χ0v) is 44.3. The Kier molecular flexibility index (Phi) is 40.8. The van der Waals surface area contributed by atoms with E-state index in [-0.39, 0.29) is 25.6 Å². The first-order chi connectivity index (χ1) is 34.1. The predicted octanol–water partition coefficient (Wildman–Crippen LogP) is 9.80. The zero-order valence-electron chi connectivity index (χ0n) is 44.3. The Labute approximate surface area is 425 Å². The first-order valence-corrected chi connectivity index (χ1v) is 28.8. The average Bonchev–Trinajstić information content (AvgIpc) is 3.36. The SMILES string of the molecule is CCCCCCCCCC/C=C\CCCCCCCCCCCC(=O)OC(COCCCCCCCCCCCCCCCCC)COC1OC(COC2OC(CO)C(O)C(O)C2O)C(O)C(O)C1O. The summed E-state index contributed by atoms with van der Waals surface area (Å²) in [6.07, 6.45) is 31.3. The molecule has 0 aromatic carbocycles. The van der Waals surface area contributed by atoms with Gasteiger partial charge in [0.2, 0.25) is 0 Å². The maximum absolute atomic E-state index is 13.1. The molecule has 0 saturated carbocycles. The maximum Gasteiger partial charge on any atom is 0.306 e. The summed E-state index contributed by atoms with van der Waals surface area (Å²) in [4.78, 5) is 13.1. The van der Waals surface area contributed by atoms with Crippen LogP contribution in [-0.2, 0) is 33.2 Å². The molecule has 70 heavy (non-hydrogen) atoms. The fourth-order valence-corrected chi connectivity index (χ4v) is 9.34. The number of unbranched alkanes of at least 4 members (excludes halogenated alkanes) is 31. The molecule has 0 aromatic heterocycles. The molecule has 2 aliphatic rings. The Bertz CT molecular complexity index is 1210. The summed E-state index contributed by atoms with van der Waals surface area (Å²) >= 11 is 0. The Hall–Kier alpha value is -1.27. The minimum atomic E-state index is -1.70. The van der Waals surface area contributed by atoms with E-state index in [1.807, 2.05) is 0 Å². The van der Waals surface area contributed by atoms with Crippen LogP contribution in [0.25, 0.3) is 0 Å². The lowest BCUT2D eigenvalue weighted by molar-refractivity contribution is -0.332. The number of aliphatic hydroxyl groups is 7. The van der Waals surface area contributed by atoms with Crippen molar-refractivity contribution in [1.82, 2.24) is 0 Å². The molecule has 0 aromatic rings. The van der Waals surface area contributed by atoms with Gasteiger partial charge in [-0.1, -0.05) is 206 Å². The Balaban J connectivity index is 1.71. The van der Waals surface area contributed by atoms with Crippen molar-refractivity contribution >= 4 is 5.97 Å². The second-order valence-corrected chi connectivity index (χ2v) is 20.5. The Morgan fingerprint density at radius 2 is 0.843 bits per heavy atom. The van der Waals surface area contributed by atoms with Gasteiger partial charge in [-0.3, -0.25) is 4.79 Å². The lowest BCUT2D eigenvalue weighted by atomic mass is 9.98. The third-order valence-corrected chi connectivity index (χ3v) is 14.0. The van der Waals surface area contributed by atoms with E-state index in [0.29, 0.717) is 13.0 Å². The number of hydrogen-bond donors (Lipinski definition) is 7. The third-order valence-electron chi connectivity index (χ3n) is 14.0. The number of ether oxygens (including phenoxy) is 6. The Morgan fingerprint density at radius 1 is 0.457 bits per heavy atom. The highest BCUT2D eigenvalue weighted by Crippen LogP contribution is 2.27. The van der Waals surface area contributed by atoms with Crippen molar-refractivity contribution in [3.63, 3.8) is 0 Å². The van der Waals surface area contributed by atoms with Crippen LogP contribution in [0.3, 0.4) is 0 Å². The van der Waals surface area contributed by atoms with Crippen molar-refractivity contribution in [3.8, 4) is 0 Å². The third kappa shape index (κ3) is 30.8. The smallest absolute Gasteiger partial charge is 0.306 e. The molecular formula is C56H106O14. The number of carbonyl (C=O) groups excluding carboxylic acids is 1. The van der Waals surface area contributed by atoms with Crippen LogP contribution in [0.5, 0.6) is 0 Å². The lowest BCUT2D eigenvalue weighted by Crippen LogP contribution is -2.61. The molecule has 0 amide bonds. The molecule has 2 saturated heterocycles. The summed E-state index contributed by atoms with van der Waals surface area (Å²) in [6.45, 7) is 3.74. The minimum absolute atomic E-state index is 0.0670. The van der Waals surface area contributed by atoms with E-state index in [0.717, 1.165) is 38.5 Å². The molecule has 14 nitrogen and oxygen atoms in total. The van der Waals surface area contributed by atoms with E-state index in [1.165, 1.54) is 173 Å². The van der Waals surface area contributed by atoms with Crippen LogP contribution < -0.4 is 0 Å². The van der Waals surface area contributed by atoms with E-state index < -0.39 is 80.7 Å². The lowest BCUT2D eigenvalue weighted by Gasteiger charge is -2.42. The van der Waals surface area contributed by atoms with E-state index in [2.05, 4.69) is 26.0 Å². The second kappa shape index (κ2) is 44.1. The minimum Gasteiger partial charge on any atom is -0.457 e. The molecule has 0 bridgehead atoms. The van der Waals surface area contributed by atoms with Gasteiger partial charge in [-0.25, -0.2) is 0 Å². The average molecular weight is 1000 g/mol. The standard InChI is InChI=1S/C56H106O14/c1-3-5-7-9-11-13-15-17-19-20-21-22-23-24-25-27-29-31-33-35-37-39-48(58)68-45(42-65-40-38-36-34-32-30-28-26-18-16-14-12-10-8-6-4-2)43-66-55-54(64)52(62)50(60)47(70-55)44-67-56-53(63)51(61)49(59)46(41-57)69-56/h20-21,45-47,49-57,59-64H,3-19,22-44H2,1-2H3/b21-20-. The highest BCUT2D eigenvalue weighted by molar-refractivity contribution is 5.69. The quantitative estimate of drug-likeness (QED) is 0.0172. The molecule has 2 aliphatic heterocycles. The van der Waals surface area contributed by atoms with Gasteiger partial charge in [-0.15, -0.1) is 0 Å². The van der Waals surface area contributed by atoms with Gasteiger partial charge < -0.3 is 64.2 Å². The van der Waals surface area contributed by atoms with E-state index in [9.17, 15) is 40.5 Å². The number of rotatable bonds is 47. The molecular weight excluding hydrogens is 897 g/mol. The van der Waals surface area contributed by atoms with Crippen LogP contribution in [0.2, 0.25) is 0 Å². The molecule has 7 N–H and O–H groups in total. The molecule has 11 unspecified atom stereocenters. The number of aliphatic hydroxyl groups excluding tert-OH is 7. The monoisotopic (exact) mass is 1000 g/mol. The van der Waals surface area contributed by atoms with Gasteiger partial charge in [0.05, 0.1) is 26.4 Å². The van der Waals surface area contributed by atoms with Crippen LogP contribution in [0, 0.1) is 0 Å².